The summed E-state index contributed by atoms with van der Waals surface area (Å²) in [5.74, 6) is 0. The molecule has 0 atom stereocenters. The van der Waals surface area contributed by atoms with Crippen molar-refractivity contribution in [3.8, 4) is 0 Å². The summed E-state index contributed by atoms with van der Waals surface area (Å²) in [6.45, 7) is 23.7. The zero-order valence-electron chi connectivity index (χ0n) is 38.6. The molecule has 0 spiro atoms. The first-order valence-corrected chi connectivity index (χ1v) is 23.7. The third kappa shape index (κ3) is 6.36. The molecule has 1 aromatic heterocycles. The van der Waals surface area contributed by atoms with Gasteiger partial charge < -0.3 is 15.1 Å². The fourth-order valence-corrected chi connectivity index (χ4v) is 12.1. The van der Waals surface area contributed by atoms with E-state index in [1.165, 1.54) is 99.4 Å². The van der Waals surface area contributed by atoms with Gasteiger partial charge in [-0.05, 0) is 134 Å². The van der Waals surface area contributed by atoms with Crippen molar-refractivity contribution in [2.24, 2.45) is 0 Å². The maximum atomic E-state index is 4.03. The lowest BCUT2D eigenvalue weighted by atomic mass is 9.36. The van der Waals surface area contributed by atoms with Gasteiger partial charge in [-0.25, -0.2) is 0 Å². The third-order valence-electron chi connectivity index (χ3n) is 14.6. The van der Waals surface area contributed by atoms with Crippen LogP contribution < -0.4 is 30.8 Å². The zero-order chi connectivity index (χ0) is 43.8. The van der Waals surface area contributed by atoms with Gasteiger partial charge in [0.05, 0.1) is 17.1 Å². The van der Waals surface area contributed by atoms with Crippen LogP contribution in [0.5, 0.6) is 0 Å². The van der Waals surface area contributed by atoms with E-state index < -0.39 is 0 Å². The molecule has 0 saturated heterocycles. The maximum Gasteiger partial charge on any atom is 0.264 e. The highest BCUT2D eigenvalue weighted by molar-refractivity contribution is 7.33. The van der Waals surface area contributed by atoms with E-state index in [2.05, 4.69) is 224 Å². The minimum Gasteiger partial charge on any atom is -0.356 e. The van der Waals surface area contributed by atoms with Gasteiger partial charge in [0.1, 0.15) is 0 Å². The number of anilines is 8. The SMILES string of the molecule is CC(C)(C)c1ccc(N2c3cc(N(c4ccc5c(c4)C(C)(C)CCC5(C)C)c4cccc5ccccc45)cc4c3B(c3ccccc3N4)c3sc4ccc(C(C)(C)C)cc4c32)cc1. The average Bonchev–Trinajstić information content (AvgIpc) is 3.63. The number of hydrogen-bond acceptors (Lipinski definition) is 4. The quantitative estimate of drug-likeness (QED) is 0.178. The van der Waals surface area contributed by atoms with Crippen molar-refractivity contribution in [2.75, 3.05) is 15.1 Å². The van der Waals surface area contributed by atoms with E-state index in [1.54, 1.807) is 0 Å². The molecule has 314 valence electrons. The van der Waals surface area contributed by atoms with Gasteiger partial charge in [0, 0.05) is 48.7 Å². The first kappa shape index (κ1) is 40.0. The Morgan fingerprint density at radius 2 is 1.29 bits per heavy atom. The van der Waals surface area contributed by atoms with Gasteiger partial charge >= 0.3 is 0 Å². The molecule has 0 unspecified atom stereocenters. The zero-order valence-corrected chi connectivity index (χ0v) is 39.4. The molecule has 3 aliphatic rings. The summed E-state index contributed by atoms with van der Waals surface area (Å²) in [4.78, 5) is 5.16. The van der Waals surface area contributed by atoms with Crippen LogP contribution in [0.15, 0.2) is 140 Å². The summed E-state index contributed by atoms with van der Waals surface area (Å²) in [5.41, 5.74) is 18.0. The van der Waals surface area contributed by atoms with Gasteiger partial charge in [0.25, 0.3) is 6.71 Å². The molecule has 11 rings (SSSR count). The van der Waals surface area contributed by atoms with Crippen molar-refractivity contribution in [3.63, 3.8) is 0 Å². The molecule has 0 fully saturated rings. The fourth-order valence-electron chi connectivity index (χ4n) is 10.8. The number of fused-ring (bicyclic) bond motifs is 8. The molecule has 0 bridgehead atoms. The Hall–Kier alpha value is -5.78. The highest BCUT2D eigenvalue weighted by atomic mass is 32.1. The third-order valence-corrected chi connectivity index (χ3v) is 15.8. The van der Waals surface area contributed by atoms with Crippen molar-refractivity contribution in [1.82, 2.24) is 0 Å². The highest BCUT2D eigenvalue weighted by Crippen LogP contribution is 2.52. The summed E-state index contributed by atoms with van der Waals surface area (Å²) >= 11 is 1.97. The maximum absolute atomic E-state index is 4.03. The van der Waals surface area contributed by atoms with Crippen molar-refractivity contribution >= 4 is 100 Å². The number of para-hydroxylation sites is 1. The number of nitrogens with zero attached hydrogens (tertiary/aromatic N) is 2. The van der Waals surface area contributed by atoms with E-state index >= 15 is 0 Å². The van der Waals surface area contributed by atoms with Crippen LogP contribution in [-0.4, -0.2) is 6.71 Å². The van der Waals surface area contributed by atoms with Gasteiger partial charge in [-0.15, -0.1) is 11.3 Å². The Morgan fingerprint density at radius 1 is 0.603 bits per heavy atom. The number of thiophene rings is 1. The summed E-state index contributed by atoms with van der Waals surface area (Å²) in [6.07, 6.45) is 2.35. The topological polar surface area (TPSA) is 18.5 Å². The Kier molecular flexibility index (Phi) is 8.81. The van der Waals surface area contributed by atoms with Gasteiger partial charge in [-0.3, -0.25) is 0 Å². The second-order valence-electron chi connectivity index (χ2n) is 21.8. The van der Waals surface area contributed by atoms with Crippen LogP contribution in [0.1, 0.15) is 104 Å². The van der Waals surface area contributed by atoms with Crippen molar-refractivity contribution in [2.45, 2.75) is 104 Å². The van der Waals surface area contributed by atoms with Gasteiger partial charge in [0.2, 0.25) is 0 Å². The molecular weight excluding hydrogens is 782 g/mol. The second kappa shape index (κ2) is 13.9. The normalized spacial score (nSPS) is 16.0. The van der Waals surface area contributed by atoms with Crippen LogP contribution >= 0.6 is 11.3 Å². The first-order chi connectivity index (χ1) is 30.0. The predicted octanol–water partition coefficient (Wildman–Crippen LogP) is 14.8. The van der Waals surface area contributed by atoms with Crippen molar-refractivity contribution < 1.29 is 0 Å². The van der Waals surface area contributed by atoms with E-state index in [1.807, 2.05) is 11.3 Å². The lowest BCUT2D eigenvalue weighted by Crippen LogP contribution is -2.59. The second-order valence-corrected chi connectivity index (χ2v) is 22.9. The fraction of sp³-hybridized carbons (Fsp3) is 0.276. The van der Waals surface area contributed by atoms with Crippen LogP contribution in [0, 0.1) is 0 Å². The molecule has 3 heterocycles. The Labute approximate surface area is 378 Å². The summed E-state index contributed by atoms with van der Waals surface area (Å²) < 4.78 is 2.73. The van der Waals surface area contributed by atoms with Crippen LogP contribution in [-0.2, 0) is 21.7 Å². The molecule has 2 aliphatic heterocycles. The smallest absolute Gasteiger partial charge is 0.264 e. The van der Waals surface area contributed by atoms with Crippen LogP contribution in [0.4, 0.5) is 45.5 Å². The van der Waals surface area contributed by atoms with Crippen LogP contribution in [0.25, 0.3) is 20.9 Å². The summed E-state index contributed by atoms with van der Waals surface area (Å²) in [6, 6.07) is 53.6. The lowest BCUT2D eigenvalue weighted by molar-refractivity contribution is 0.332. The highest BCUT2D eigenvalue weighted by Gasteiger charge is 2.44. The van der Waals surface area contributed by atoms with Crippen LogP contribution in [0.2, 0.25) is 0 Å². The van der Waals surface area contributed by atoms with E-state index in [0.717, 1.165) is 17.8 Å². The number of rotatable bonds is 4. The minimum atomic E-state index is 0.00802. The molecule has 0 radical (unpaired) electrons. The largest absolute Gasteiger partial charge is 0.356 e. The van der Waals surface area contributed by atoms with Crippen molar-refractivity contribution in [1.29, 1.82) is 0 Å². The van der Waals surface area contributed by atoms with Crippen LogP contribution in [0.3, 0.4) is 0 Å². The Morgan fingerprint density at radius 3 is 2.05 bits per heavy atom. The number of nitrogens with one attached hydrogen (secondary N) is 1. The predicted molar refractivity (Wildman–Crippen MR) is 276 cm³/mol. The van der Waals surface area contributed by atoms with E-state index in [4.69, 9.17) is 0 Å². The molecule has 1 N–H and O–H groups in total. The monoisotopic (exact) mass is 839 g/mol. The molecule has 1 aliphatic carbocycles. The molecule has 0 amide bonds. The standard InChI is InChI=1S/C58H58BN3S/c1-55(2,3)37-22-25-39(26-23-37)62-50-35-41(61(49-21-15-17-36-16-11-12-18-42(36)49)40-27-28-44-45(33-40)58(9,10)31-30-57(44,7)8)34-48-52(50)59(46-19-13-14-20-47(46)60-48)54-53(62)43-32-38(56(4,5)6)24-29-51(43)63-54/h11-29,32-35,60H,30-31H2,1-10H3. The Balaban J connectivity index is 1.24. The minimum absolute atomic E-state index is 0.00802. The molecule has 8 aromatic rings. The molecule has 5 heteroatoms. The Bertz CT molecular complexity index is 3130. The molecule has 3 nitrogen and oxygen atoms in total. The van der Waals surface area contributed by atoms with E-state index in [0.29, 0.717) is 0 Å². The molecule has 0 saturated carbocycles. The van der Waals surface area contributed by atoms with Gasteiger partial charge in [-0.1, -0.05) is 148 Å². The molecule has 7 aromatic carbocycles. The van der Waals surface area contributed by atoms with Gasteiger partial charge in [0.15, 0.2) is 0 Å². The molecular formula is C58H58BN3S. The van der Waals surface area contributed by atoms with E-state index in [9.17, 15) is 0 Å². The number of benzene rings is 7. The number of hydrogen-bond donors (Lipinski definition) is 1. The average molecular weight is 840 g/mol. The van der Waals surface area contributed by atoms with Crippen molar-refractivity contribution in [3.05, 3.63) is 162 Å². The first-order valence-electron chi connectivity index (χ1n) is 22.9. The van der Waals surface area contributed by atoms with E-state index in [-0.39, 0.29) is 28.4 Å². The van der Waals surface area contributed by atoms with Gasteiger partial charge in [-0.2, -0.15) is 0 Å². The summed E-state index contributed by atoms with van der Waals surface area (Å²) in [7, 11) is 0. The summed E-state index contributed by atoms with van der Waals surface area (Å²) in [5, 5.41) is 7.82. The lowest BCUT2D eigenvalue weighted by Gasteiger charge is -2.43. The molecule has 63 heavy (non-hydrogen) atoms.